The lowest BCUT2D eigenvalue weighted by atomic mass is 9.90. The summed E-state index contributed by atoms with van der Waals surface area (Å²) >= 11 is 8.39. The first-order chi connectivity index (χ1) is 21.2. The van der Waals surface area contributed by atoms with Crippen molar-refractivity contribution in [2.24, 2.45) is 4.99 Å². The molecule has 3 aromatic carbocycles. The van der Waals surface area contributed by atoms with Crippen LogP contribution in [0.4, 0.5) is 0 Å². The molecule has 44 heavy (non-hydrogen) atoms. The molecule has 0 saturated heterocycles. The number of benzene rings is 3. The number of carbonyl (C=O) groups is 1. The molecule has 0 unspecified atom stereocenters. The molecule has 0 radical (unpaired) electrons. The summed E-state index contributed by atoms with van der Waals surface area (Å²) in [5.41, 5.74) is 2.42. The molecule has 1 atom stereocenters. The lowest BCUT2D eigenvalue weighted by Crippen LogP contribution is -2.43. The summed E-state index contributed by atoms with van der Waals surface area (Å²) < 4.78 is 16.0. The van der Waals surface area contributed by atoms with E-state index in [1.165, 1.54) is 11.3 Å². The number of nitrogens with zero attached hydrogens (tertiary/aromatic N) is 3. The highest BCUT2D eigenvalue weighted by Gasteiger charge is 2.36. The number of carbonyl (C=O) groups excluding carboxylic acids is 1. The molecule has 1 aliphatic rings. The van der Waals surface area contributed by atoms with Gasteiger partial charge in [-0.3, -0.25) is 14.2 Å². The minimum atomic E-state index is -0.743. The third kappa shape index (κ3) is 5.29. The van der Waals surface area contributed by atoms with Gasteiger partial charge in [-0.15, -0.1) is 0 Å². The third-order valence-electron chi connectivity index (χ3n) is 7.82. The molecule has 3 heterocycles. The van der Waals surface area contributed by atoms with Crippen molar-refractivity contribution in [3.63, 3.8) is 0 Å². The van der Waals surface area contributed by atoms with E-state index in [-0.39, 0.29) is 11.5 Å². The van der Waals surface area contributed by atoms with E-state index in [0.717, 1.165) is 30.8 Å². The summed E-state index contributed by atoms with van der Waals surface area (Å²) in [7, 11) is 1.61. The molecule has 0 saturated carbocycles. The van der Waals surface area contributed by atoms with E-state index >= 15 is 0 Å². The SMILES string of the molecule is CCN(CC)C(=O)C1=C(C)N=c2s/c(=C\c3ccc(-c4cc(Br)ccc4Br)o3)c(=O)n2[C@@H]1c1c(OC)ccc2ccccc12. The van der Waals surface area contributed by atoms with E-state index in [9.17, 15) is 9.59 Å². The van der Waals surface area contributed by atoms with Gasteiger partial charge < -0.3 is 14.1 Å². The first kappa shape index (κ1) is 30.3. The van der Waals surface area contributed by atoms with Gasteiger partial charge in [0.15, 0.2) is 4.80 Å². The Morgan fingerprint density at radius 1 is 1.09 bits per heavy atom. The molecule has 6 rings (SSSR count). The number of halogens is 2. The molecular formula is C34H29Br2N3O4S. The Morgan fingerprint density at radius 3 is 2.61 bits per heavy atom. The van der Waals surface area contributed by atoms with Crippen LogP contribution in [0.15, 0.2) is 101 Å². The molecule has 0 N–H and O–H groups in total. The fourth-order valence-electron chi connectivity index (χ4n) is 5.68. The monoisotopic (exact) mass is 733 g/mol. The maximum Gasteiger partial charge on any atom is 0.271 e. The van der Waals surface area contributed by atoms with Gasteiger partial charge in [-0.1, -0.05) is 73.5 Å². The van der Waals surface area contributed by atoms with Crippen molar-refractivity contribution in [1.29, 1.82) is 0 Å². The molecule has 5 aromatic rings. The minimum Gasteiger partial charge on any atom is -0.496 e. The molecule has 10 heteroatoms. The van der Waals surface area contributed by atoms with Crippen LogP contribution >= 0.6 is 43.2 Å². The molecule has 224 valence electrons. The topological polar surface area (TPSA) is 77.0 Å². The number of fused-ring (bicyclic) bond motifs is 2. The number of likely N-dealkylation sites (N-methyl/N-ethyl adjacent to an activating group) is 1. The van der Waals surface area contributed by atoms with Crippen molar-refractivity contribution >= 4 is 66.0 Å². The molecule has 1 amide bonds. The Bertz CT molecular complexity index is 2140. The summed E-state index contributed by atoms with van der Waals surface area (Å²) in [6.07, 6.45) is 1.74. The fourth-order valence-corrected chi connectivity index (χ4v) is 7.51. The Hall–Kier alpha value is -3.73. The van der Waals surface area contributed by atoms with Gasteiger partial charge in [0.25, 0.3) is 11.5 Å². The van der Waals surface area contributed by atoms with Gasteiger partial charge in [0.2, 0.25) is 0 Å². The van der Waals surface area contributed by atoms with Gasteiger partial charge in [-0.2, -0.15) is 0 Å². The summed E-state index contributed by atoms with van der Waals surface area (Å²) in [5.74, 6) is 1.64. The number of aromatic nitrogens is 1. The lowest BCUT2D eigenvalue weighted by Gasteiger charge is -2.30. The van der Waals surface area contributed by atoms with Crippen LogP contribution < -0.4 is 19.6 Å². The predicted octanol–water partition coefficient (Wildman–Crippen LogP) is 7.05. The quantitative estimate of drug-likeness (QED) is 0.180. The summed E-state index contributed by atoms with van der Waals surface area (Å²) in [5, 5.41) is 1.89. The predicted molar refractivity (Wildman–Crippen MR) is 182 cm³/mol. The number of methoxy groups -OCH3 is 1. The van der Waals surface area contributed by atoms with Gasteiger partial charge in [0.1, 0.15) is 23.3 Å². The van der Waals surface area contributed by atoms with Crippen molar-refractivity contribution in [3.05, 3.63) is 118 Å². The van der Waals surface area contributed by atoms with Crippen LogP contribution in [0.3, 0.4) is 0 Å². The van der Waals surface area contributed by atoms with E-state index in [2.05, 4.69) is 31.9 Å². The highest BCUT2D eigenvalue weighted by atomic mass is 79.9. The van der Waals surface area contributed by atoms with E-state index in [1.807, 2.05) is 87.5 Å². The van der Waals surface area contributed by atoms with Gasteiger partial charge in [-0.05, 0) is 67.9 Å². The number of hydrogen-bond acceptors (Lipinski definition) is 6. The highest BCUT2D eigenvalue weighted by molar-refractivity contribution is 9.11. The zero-order valence-corrected chi connectivity index (χ0v) is 28.5. The first-order valence-electron chi connectivity index (χ1n) is 14.2. The number of ether oxygens (including phenoxy) is 1. The summed E-state index contributed by atoms with van der Waals surface area (Å²) in [6, 6.07) is 20.7. The number of furan rings is 1. The average molecular weight is 735 g/mol. The molecule has 0 fully saturated rings. The Morgan fingerprint density at radius 2 is 1.86 bits per heavy atom. The van der Waals surface area contributed by atoms with Crippen molar-refractivity contribution in [2.75, 3.05) is 20.2 Å². The number of allylic oxidation sites excluding steroid dienone is 1. The van der Waals surface area contributed by atoms with Crippen molar-refractivity contribution in [1.82, 2.24) is 9.47 Å². The molecule has 7 nitrogen and oxygen atoms in total. The second-order valence-electron chi connectivity index (χ2n) is 10.3. The first-order valence-corrected chi connectivity index (χ1v) is 16.6. The Labute approximate surface area is 275 Å². The molecular weight excluding hydrogens is 706 g/mol. The van der Waals surface area contributed by atoms with Crippen LogP contribution in [0.25, 0.3) is 28.2 Å². The molecule has 0 bridgehead atoms. The van der Waals surface area contributed by atoms with Crippen LogP contribution in [0.1, 0.15) is 38.1 Å². The number of amides is 1. The zero-order valence-electron chi connectivity index (χ0n) is 24.6. The Kier molecular flexibility index (Phi) is 8.50. The van der Waals surface area contributed by atoms with Crippen LogP contribution in [0.5, 0.6) is 5.75 Å². The van der Waals surface area contributed by atoms with E-state index < -0.39 is 6.04 Å². The van der Waals surface area contributed by atoms with Crippen LogP contribution in [0, 0.1) is 0 Å². The molecule has 0 aliphatic carbocycles. The minimum absolute atomic E-state index is 0.152. The second-order valence-corrected chi connectivity index (χ2v) is 13.1. The Balaban J connectivity index is 1.58. The highest BCUT2D eigenvalue weighted by Crippen LogP contribution is 2.40. The smallest absolute Gasteiger partial charge is 0.271 e. The standard InChI is InChI=1S/C34H29Br2N3O4S/c1-5-38(6-2)33(41)29-19(3)37-34-39(31(29)30-23-10-8-7-9-20(23)11-15-27(30)42-4)32(40)28(44-34)18-22-13-16-26(43-22)24-17-21(35)12-14-25(24)36/h7-18,31H,5-6H2,1-4H3/b28-18-/t31-/m0/s1. The largest absolute Gasteiger partial charge is 0.496 e. The second kappa shape index (κ2) is 12.3. The average Bonchev–Trinajstić information content (AvgIpc) is 3.61. The zero-order chi connectivity index (χ0) is 31.1. The van der Waals surface area contributed by atoms with E-state index in [4.69, 9.17) is 14.1 Å². The van der Waals surface area contributed by atoms with E-state index in [0.29, 0.717) is 51.0 Å². The van der Waals surface area contributed by atoms with Gasteiger partial charge >= 0.3 is 0 Å². The fraction of sp³-hybridized carbons (Fsp3) is 0.206. The molecule has 0 spiro atoms. The van der Waals surface area contributed by atoms with Crippen LogP contribution in [-0.2, 0) is 4.79 Å². The number of rotatable bonds is 7. The third-order valence-corrected chi connectivity index (χ3v) is 9.99. The maximum atomic E-state index is 14.3. The maximum absolute atomic E-state index is 14.3. The van der Waals surface area contributed by atoms with Gasteiger partial charge in [0.05, 0.1) is 22.9 Å². The van der Waals surface area contributed by atoms with Crippen LogP contribution in [0.2, 0.25) is 0 Å². The van der Waals surface area contributed by atoms with Crippen molar-refractivity contribution in [3.8, 4) is 17.1 Å². The number of thiazole rings is 1. The lowest BCUT2D eigenvalue weighted by molar-refractivity contribution is -0.127. The molecule has 1 aliphatic heterocycles. The summed E-state index contributed by atoms with van der Waals surface area (Å²) in [6.45, 7) is 6.80. The van der Waals surface area contributed by atoms with Crippen LogP contribution in [-0.4, -0.2) is 35.6 Å². The summed E-state index contributed by atoms with van der Waals surface area (Å²) in [4.78, 5) is 35.6. The normalized spacial score (nSPS) is 15.0. The number of hydrogen-bond donors (Lipinski definition) is 0. The van der Waals surface area contributed by atoms with Gasteiger partial charge in [-0.25, -0.2) is 4.99 Å². The van der Waals surface area contributed by atoms with Gasteiger partial charge in [0, 0.05) is 39.2 Å². The van der Waals surface area contributed by atoms with Crippen molar-refractivity contribution in [2.45, 2.75) is 26.8 Å². The van der Waals surface area contributed by atoms with Crippen molar-refractivity contribution < 1.29 is 13.9 Å². The molecule has 2 aromatic heterocycles. The van der Waals surface area contributed by atoms with E-state index in [1.54, 1.807) is 22.7 Å².